The number of nitrogens with one attached hydrogen (secondary N) is 1. The Bertz CT molecular complexity index is 1340. The monoisotopic (exact) mass is 590 g/mol. The number of methoxy groups -OCH3 is 1. The number of carbonyl (C=O) groups excluding carboxylic acids is 2. The molecular formula is C22H34N6O7S3. The number of amides is 1. The van der Waals surface area contributed by atoms with Crippen LogP contribution in [0.5, 0.6) is 0 Å². The van der Waals surface area contributed by atoms with Gasteiger partial charge in [0.2, 0.25) is 15.9 Å². The van der Waals surface area contributed by atoms with Gasteiger partial charge in [-0.25, -0.2) is 27.0 Å². The number of primary sulfonamides is 1. The van der Waals surface area contributed by atoms with E-state index < -0.39 is 38.0 Å². The standard InChI is InChI=1S/C22H34N6O7S3/c1-4-28(21(30)15(9-19(29)14(2)23)8-16-11-25-13-26-16)18-12-27(6-5-7-35-3)38(33,34)22-17(18)10-20(36-22)37(24,31)32/h10-11,13-15,18H,4-9,12,23H2,1-3H3,(H,25,26)(H2,24,31,32). The first-order valence-corrected chi connectivity index (χ1v) is 15.8. The fourth-order valence-corrected chi connectivity index (χ4v) is 8.70. The van der Waals surface area contributed by atoms with Gasteiger partial charge in [0.15, 0.2) is 0 Å². The topological polar surface area (TPSA) is 199 Å². The molecule has 2 aromatic heterocycles. The van der Waals surface area contributed by atoms with Crippen molar-refractivity contribution in [3.05, 3.63) is 29.8 Å². The zero-order valence-electron chi connectivity index (χ0n) is 21.5. The maximum Gasteiger partial charge on any atom is 0.253 e. The van der Waals surface area contributed by atoms with E-state index in [1.54, 1.807) is 20.0 Å². The third-order valence-electron chi connectivity index (χ3n) is 6.37. The molecule has 1 aliphatic heterocycles. The number of Topliss-reactive ketones (excluding diaryl/α,β-unsaturated/α-hetero) is 1. The molecule has 0 aliphatic carbocycles. The Hall–Kier alpha value is -2.21. The summed E-state index contributed by atoms with van der Waals surface area (Å²) < 4.78 is 56.9. The lowest BCUT2D eigenvalue weighted by atomic mass is 9.92. The van der Waals surface area contributed by atoms with Gasteiger partial charge >= 0.3 is 0 Å². The molecule has 0 spiro atoms. The van der Waals surface area contributed by atoms with Crippen LogP contribution in [0.15, 0.2) is 27.0 Å². The number of fused-ring (bicyclic) bond motifs is 1. The molecule has 212 valence electrons. The summed E-state index contributed by atoms with van der Waals surface area (Å²) in [4.78, 5) is 35.0. The number of rotatable bonds is 13. The molecule has 3 unspecified atom stereocenters. The smallest absolute Gasteiger partial charge is 0.253 e. The number of aromatic nitrogens is 2. The number of nitrogens with two attached hydrogens (primary N) is 2. The molecule has 2 aromatic rings. The van der Waals surface area contributed by atoms with Gasteiger partial charge in [-0.1, -0.05) is 0 Å². The molecule has 1 amide bonds. The van der Waals surface area contributed by atoms with Crippen LogP contribution in [0.1, 0.15) is 44.0 Å². The molecule has 16 heteroatoms. The van der Waals surface area contributed by atoms with Crippen LogP contribution < -0.4 is 10.9 Å². The van der Waals surface area contributed by atoms with E-state index in [0.717, 1.165) is 0 Å². The minimum Gasteiger partial charge on any atom is -0.385 e. The second-order valence-electron chi connectivity index (χ2n) is 9.14. The van der Waals surface area contributed by atoms with Crippen LogP contribution in [-0.2, 0) is 40.8 Å². The van der Waals surface area contributed by atoms with E-state index >= 15 is 0 Å². The summed E-state index contributed by atoms with van der Waals surface area (Å²) in [6, 6.07) is -0.328. The Labute approximate surface area is 226 Å². The number of thiophene rings is 1. The molecule has 0 radical (unpaired) electrons. The number of nitrogens with zero attached hydrogens (tertiary/aromatic N) is 3. The molecule has 0 fully saturated rings. The van der Waals surface area contributed by atoms with Gasteiger partial charge in [-0.05, 0) is 26.3 Å². The minimum absolute atomic E-state index is 0.0859. The summed E-state index contributed by atoms with van der Waals surface area (Å²) in [6.45, 7) is 3.82. The van der Waals surface area contributed by atoms with Crippen molar-refractivity contribution in [2.45, 2.75) is 53.6 Å². The van der Waals surface area contributed by atoms with Crippen molar-refractivity contribution in [2.24, 2.45) is 16.8 Å². The Kier molecular flexibility index (Phi) is 9.83. The largest absolute Gasteiger partial charge is 0.385 e. The third kappa shape index (κ3) is 6.67. The van der Waals surface area contributed by atoms with Crippen molar-refractivity contribution in [3.63, 3.8) is 0 Å². The highest BCUT2D eigenvalue weighted by molar-refractivity contribution is 7.94. The first-order valence-electron chi connectivity index (χ1n) is 12.0. The summed E-state index contributed by atoms with van der Waals surface area (Å²) in [7, 11) is -6.73. The van der Waals surface area contributed by atoms with Crippen LogP contribution in [0.3, 0.4) is 0 Å². The molecular weight excluding hydrogens is 556 g/mol. The summed E-state index contributed by atoms with van der Waals surface area (Å²) in [6.07, 6.45) is 3.50. The van der Waals surface area contributed by atoms with Gasteiger partial charge in [-0.2, -0.15) is 4.31 Å². The highest BCUT2D eigenvalue weighted by atomic mass is 32.3. The van der Waals surface area contributed by atoms with Crippen LogP contribution in [0.25, 0.3) is 0 Å². The van der Waals surface area contributed by atoms with Crippen molar-refractivity contribution in [2.75, 3.05) is 33.4 Å². The van der Waals surface area contributed by atoms with Crippen LogP contribution in [0.4, 0.5) is 0 Å². The van der Waals surface area contributed by atoms with Gasteiger partial charge < -0.3 is 20.4 Å². The van der Waals surface area contributed by atoms with E-state index in [0.29, 0.717) is 30.1 Å². The van der Waals surface area contributed by atoms with Crippen LogP contribution >= 0.6 is 11.3 Å². The van der Waals surface area contributed by atoms with Gasteiger partial charge in [-0.15, -0.1) is 11.3 Å². The lowest BCUT2D eigenvalue weighted by Crippen LogP contribution is -2.49. The summed E-state index contributed by atoms with van der Waals surface area (Å²) in [5, 5.41) is 5.33. The van der Waals surface area contributed by atoms with Crippen molar-refractivity contribution in [1.82, 2.24) is 19.2 Å². The molecule has 0 aromatic carbocycles. The number of hydrogen-bond donors (Lipinski definition) is 3. The minimum atomic E-state index is -4.20. The van der Waals surface area contributed by atoms with Crippen molar-refractivity contribution < 1.29 is 31.2 Å². The molecule has 38 heavy (non-hydrogen) atoms. The summed E-state index contributed by atoms with van der Waals surface area (Å²) >= 11 is 0.567. The van der Waals surface area contributed by atoms with Crippen molar-refractivity contribution in [1.29, 1.82) is 0 Å². The average molecular weight is 591 g/mol. The van der Waals surface area contributed by atoms with Gasteiger partial charge in [0.25, 0.3) is 10.0 Å². The number of likely N-dealkylation sites (N-methyl/N-ethyl adjacent to an activating group) is 1. The second kappa shape index (κ2) is 12.3. The SMILES string of the molecule is CCN(C(=O)C(CC(=O)C(C)N)Cc1cnc[nH]1)C1CN(CCCOC)S(=O)(=O)c2sc(S(N)(=O)=O)cc21. The maximum atomic E-state index is 14.0. The predicted molar refractivity (Wildman–Crippen MR) is 140 cm³/mol. The van der Waals surface area contributed by atoms with Crippen molar-refractivity contribution >= 4 is 43.1 Å². The van der Waals surface area contributed by atoms with Crippen LogP contribution in [0, 0.1) is 5.92 Å². The van der Waals surface area contributed by atoms with Gasteiger partial charge in [-0.3, -0.25) is 9.59 Å². The van der Waals surface area contributed by atoms with E-state index in [1.807, 2.05) is 0 Å². The maximum absolute atomic E-state index is 14.0. The van der Waals surface area contributed by atoms with Gasteiger partial charge in [0.1, 0.15) is 14.2 Å². The zero-order valence-corrected chi connectivity index (χ0v) is 23.9. The highest BCUT2D eigenvalue weighted by Crippen LogP contribution is 2.42. The number of imidazole rings is 1. The van der Waals surface area contributed by atoms with E-state index in [2.05, 4.69) is 9.97 Å². The average Bonchev–Trinajstić information content (AvgIpc) is 3.52. The Morgan fingerprint density at radius 1 is 1.39 bits per heavy atom. The number of aromatic amines is 1. The predicted octanol–water partition coefficient (Wildman–Crippen LogP) is 0.214. The number of ether oxygens (including phenoxy) is 1. The fraction of sp³-hybridized carbons (Fsp3) is 0.591. The molecule has 13 nitrogen and oxygen atoms in total. The van der Waals surface area contributed by atoms with Crippen LogP contribution in [0.2, 0.25) is 0 Å². The fourth-order valence-electron chi connectivity index (χ4n) is 4.41. The van der Waals surface area contributed by atoms with E-state index in [-0.39, 0.29) is 58.1 Å². The normalized spacial score (nSPS) is 19.0. The Morgan fingerprint density at radius 2 is 2.11 bits per heavy atom. The van der Waals surface area contributed by atoms with E-state index in [9.17, 15) is 26.4 Å². The number of carbonyl (C=O) groups is 2. The third-order valence-corrected chi connectivity index (χ3v) is 11.3. The zero-order chi connectivity index (χ0) is 28.3. The highest BCUT2D eigenvalue weighted by Gasteiger charge is 2.44. The number of sulfonamides is 2. The van der Waals surface area contributed by atoms with Crippen molar-refractivity contribution in [3.8, 4) is 0 Å². The molecule has 0 saturated heterocycles. The lowest BCUT2D eigenvalue weighted by Gasteiger charge is -2.39. The lowest BCUT2D eigenvalue weighted by molar-refractivity contribution is -0.140. The summed E-state index contributed by atoms with van der Waals surface area (Å²) in [5.74, 6) is -1.47. The first-order chi connectivity index (χ1) is 17.8. The van der Waals surface area contributed by atoms with E-state index in [4.69, 9.17) is 15.6 Å². The first kappa shape index (κ1) is 30.3. The number of ketones is 1. The van der Waals surface area contributed by atoms with Gasteiger partial charge in [0, 0.05) is 63.6 Å². The molecule has 1 aliphatic rings. The Balaban J connectivity index is 2.06. The molecule has 0 saturated carbocycles. The second-order valence-corrected chi connectivity index (χ2v) is 14.1. The van der Waals surface area contributed by atoms with E-state index in [1.165, 1.54) is 28.7 Å². The molecule has 3 heterocycles. The molecule has 3 rings (SSSR count). The van der Waals surface area contributed by atoms with Crippen LogP contribution in [-0.4, -0.2) is 87.1 Å². The number of hydrogen-bond acceptors (Lipinski definition) is 10. The Morgan fingerprint density at radius 3 is 2.66 bits per heavy atom. The molecule has 5 N–H and O–H groups in total. The van der Waals surface area contributed by atoms with Gasteiger partial charge in [0.05, 0.1) is 24.3 Å². The number of H-pyrrole nitrogens is 1. The molecule has 3 atom stereocenters. The molecule has 0 bridgehead atoms. The quantitative estimate of drug-likeness (QED) is 0.273. The summed E-state index contributed by atoms with van der Waals surface area (Å²) in [5.41, 5.74) is 6.62.